The van der Waals surface area contributed by atoms with Gasteiger partial charge in [0.05, 0.1) is 5.60 Å². The first-order valence-corrected chi connectivity index (χ1v) is 4.80. The standard InChI is InChI=1S/C9H14F3NO2/c1-15-8(3-2-4-8)5-6-13-7(14)9(10,11)12/h2-6H2,1H3,(H,13,14). The Morgan fingerprint density at radius 2 is 2.07 bits per heavy atom. The van der Waals surface area contributed by atoms with Crippen LogP contribution in [0.1, 0.15) is 25.7 Å². The predicted octanol–water partition coefficient (Wildman–Crippen LogP) is 1.62. The van der Waals surface area contributed by atoms with Gasteiger partial charge in [0.1, 0.15) is 0 Å². The van der Waals surface area contributed by atoms with Gasteiger partial charge in [0.25, 0.3) is 0 Å². The molecule has 0 saturated heterocycles. The Morgan fingerprint density at radius 3 is 2.40 bits per heavy atom. The van der Waals surface area contributed by atoms with Crippen molar-refractivity contribution >= 4 is 5.91 Å². The molecule has 1 aliphatic rings. The summed E-state index contributed by atoms with van der Waals surface area (Å²) in [5.41, 5.74) is -0.307. The first-order chi connectivity index (χ1) is 6.90. The van der Waals surface area contributed by atoms with E-state index in [0.717, 1.165) is 19.3 Å². The van der Waals surface area contributed by atoms with Crippen molar-refractivity contribution in [2.75, 3.05) is 13.7 Å². The van der Waals surface area contributed by atoms with Crippen molar-refractivity contribution in [3.8, 4) is 0 Å². The van der Waals surface area contributed by atoms with E-state index in [2.05, 4.69) is 0 Å². The Morgan fingerprint density at radius 1 is 1.47 bits per heavy atom. The van der Waals surface area contributed by atoms with Crippen LogP contribution >= 0.6 is 0 Å². The number of hydrogen-bond acceptors (Lipinski definition) is 2. The lowest BCUT2D eigenvalue weighted by molar-refractivity contribution is -0.174. The van der Waals surface area contributed by atoms with Gasteiger partial charge in [-0.05, 0) is 25.7 Å². The van der Waals surface area contributed by atoms with E-state index in [0.29, 0.717) is 6.42 Å². The van der Waals surface area contributed by atoms with E-state index in [1.54, 1.807) is 7.11 Å². The third-order valence-electron chi connectivity index (χ3n) is 2.82. The van der Waals surface area contributed by atoms with Crippen molar-refractivity contribution in [3.63, 3.8) is 0 Å². The minimum Gasteiger partial charge on any atom is -0.378 e. The van der Waals surface area contributed by atoms with E-state index < -0.39 is 12.1 Å². The van der Waals surface area contributed by atoms with Crippen LogP contribution in [0.15, 0.2) is 0 Å². The van der Waals surface area contributed by atoms with E-state index in [-0.39, 0.29) is 12.1 Å². The first kappa shape index (κ1) is 12.3. The number of halogens is 3. The highest BCUT2D eigenvalue weighted by Crippen LogP contribution is 2.37. The predicted molar refractivity (Wildman–Crippen MR) is 47.3 cm³/mol. The quantitative estimate of drug-likeness (QED) is 0.789. The lowest BCUT2D eigenvalue weighted by atomic mass is 9.77. The molecule has 0 atom stereocenters. The molecule has 1 rings (SSSR count). The molecule has 6 heteroatoms. The smallest absolute Gasteiger partial charge is 0.378 e. The summed E-state index contributed by atoms with van der Waals surface area (Å²) >= 11 is 0. The molecule has 0 aromatic carbocycles. The number of carbonyl (C=O) groups is 1. The summed E-state index contributed by atoms with van der Waals surface area (Å²) in [7, 11) is 1.55. The van der Waals surface area contributed by atoms with Crippen molar-refractivity contribution in [1.82, 2.24) is 5.32 Å². The second kappa shape index (κ2) is 4.38. The van der Waals surface area contributed by atoms with Gasteiger partial charge in [-0.3, -0.25) is 4.79 Å². The van der Waals surface area contributed by atoms with Crippen molar-refractivity contribution in [1.29, 1.82) is 0 Å². The number of carbonyl (C=O) groups excluding carboxylic acids is 1. The van der Waals surface area contributed by atoms with E-state index in [1.165, 1.54) is 0 Å². The average Bonchev–Trinajstić information content (AvgIpc) is 2.07. The molecule has 0 aromatic heterocycles. The number of rotatable bonds is 4. The van der Waals surface area contributed by atoms with Crippen LogP contribution in [0.25, 0.3) is 0 Å². The number of alkyl halides is 3. The van der Waals surface area contributed by atoms with Gasteiger partial charge in [0.15, 0.2) is 0 Å². The molecule has 0 heterocycles. The molecule has 3 nitrogen and oxygen atoms in total. The van der Waals surface area contributed by atoms with Gasteiger partial charge >= 0.3 is 12.1 Å². The van der Waals surface area contributed by atoms with Crippen molar-refractivity contribution < 1.29 is 22.7 Å². The summed E-state index contributed by atoms with van der Waals surface area (Å²) in [4.78, 5) is 10.5. The molecular weight excluding hydrogens is 211 g/mol. The third-order valence-corrected chi connectivity index (χ3v) is 2.82. The second-order valence-corrected chi connectivity index (χ2v) is 3.74. The molecule has 88 valence electrons. The summed E-state index contributed by atoms with van der Waals surface area (Å²) in [5, 5.41) is 1.84. The van der Waals surface area contributed by atoms with E-state index in [1.807, 2.05) is 5.32 Å². The highest BCUT2D eigenvalue weighted by atomic mass is 19.4. The summed E-state index contributed by atoms with van der Waals surface area (Å²) < 4.78 is 40.6. The van der Waals surface area contributed by atoms with Crippen LogP contribution < -0.4 is 5.32 Å². The Kier molecular flexibility index (Phi) is 3.59. The summed E-state index contributed by atoms with van der Waals surface area (Å²) in [6.45, 7) is 0.00613. The highest BCUT2D eigenvalue weighted by Gasteiger charge is 2.40. The largest absolute Gasteiger partial charge is 0.471 e. The minimum atomic E-state index is -4.79. The van der Waals surface area contributed by atoms with Crippen LogP contribution in [0.5, 0.6) is 0 Å². The van der Waals surface area contributed by atoms with Gasteiger partial charge in [-0.25, -0.2) is 0 Å². The molecule has 0 aromatic rings. The van der Waals surface area contributed by atoms with Crippen molar-refractivity contribution in [2.24, 2.45) is 0 Å². The Balaban J connectivity index is 2.24. The molecule has 0 radical (unpaired) electrons. The molecule has 0 aliphatic heterocycles. The fourth-order valence-electron chi connectivity index (χ4n) is 1.63. The van der Waals surface area contributed by atoms with Crippen molar-refractivity contribution in [3.05, 3.63) is 0 Å². The summed E-state index contributed by atoms with van der Waals surface area (Å²) in [5.74, 6) is -1.88. The van der Waals surface area contributed by atoms with Crippen LogP contribution in [0, 0.1) is 0 Å². The molecule has 1 saturated carbocycles. The van der Waals surface area contributed by atoms with E-state index in [9.17, 15) is 18.0 Å². The number of ether oxygens (including phenoxy) is 1. The number of methoxy groups -OCH3 is 1. The first-order valence-electron chi connectivity index (χ1n) is 4.80. The van der Waals surface area contributed by atoms with Crippen LogP contribution in [0.4, 0.5) is 13.2 Å². The van der Waals surface area contributed by atoms with Crippen LogP contribution in [-0.2, 0) is 9.53 Å². The number of amides is 1. The fourth-order valence-corrected chi connectivity index (χ4v) is 1.63. The average molecular weight is 225 g/mol. The van der Waals surface area contributed by atoms with Gasteiger partial charge in [-0.2, -0.15) is 13.2 Å². The van der Waals surface area contributed by atoms with E-state index >= 15 is 0 Å². The molecule has 15 heavy (non-hydrogen) atoms. The van der Waals surface area contributed by atoms with Gasteiger partial charge in [0, 0.05) is 13.7 Å². The monoisotopic (exact) mass is 225 g/mol. The molecule has 1 N–H and O–H groups in total. The minimum absolute atomic E-state index is 0.00613. The number of hydrogen-bond donors (Lipinski definition) is 1. The van der Waals surface area contributed by atoms with Crippen molar-refractivity contribution in [2.45, 2.75) is 37.5 Å². The molecule has 1 fully saturated rings. The second-order valence-electron chi connectivity index (χ2n) is 3.74. The van der Waals surface area contributed by atoms with Gasteiger partial charge in [-0.15, -0.1) is 0 Å². The maximum atomic E-state index is 11.8. The molecular formula is C9H14F3NO2. The van der Waals surface area contributed by atoms with Crippen LogP contribution in [0.2, 0.25) is 0 Å². The van der Waals surface area contributed by atoms with E-state index in [4.69, 9.17) is 4.74 Å². The Bertz CT molecular complexity index is 230. The van der Waals surface area contributed by atoms with Crippen LogP contribution in [-0.4, -0.2) is 31.3 Å². The summed E-state index contributed by atoms with van der Waals surface area (Å²) in [6.07, 6.45) is -1.62. The topological polar surface area (TPSA) is 38.3 Å². The highest BCUT2D eigenvalue weighted by molar-refractivity contribution is 5.81. The summed E-state index contributed by atoms with van der Waals surface area (Å²) in [6, 6.07) is 0. The normalized spacial score (nSPS) is 19.5. The lowest BCUT2D eigenvalue weighted by Crippen LogP contribution is -2.44. The molecule has 0 unspecified atom stereocenters. The number of nitrogens with one attached hydrogen (secondary N) is 1. The third kappa shape index (κ3) is 3.09. The van der Waals surface area contributed by atoms with Gasteiger partial charge < -0.3 is 10.1 Å². The molecule has 0 spiro atoms. The zero-order chi connectivity index (χ0) is 11.5. The van der Waals surface area contributed by atoms with Crippen LogP contribution in [0.3, 0.4) is 0 Å². The van der Waals surface area contributed by atoms with Gasteiger partial charge in [-0.1, -0.05) is 0 Å². The maximum Gasteiger partial charge on any atom is 0.471 e. The van der Waals surface area contributed by atoms with Gasteiger partial charge in [0.2, 0.25) is 0 Å². The fraction of sp³-hybridized carbons (Fsp3) is 0.889. The zero-order valence-electron chi connectivity index (χ0n) is 8.49. The Hall–Kier alpha value is -0.780. The molecule has 1 amide bonds. The lowest BCUT2D eigenvalue weighted by Gasteiger charge is -2.40. The molecule has 0 bridgehead atoms. The Labute approximate surface area is 86.0 Å². The maximum absolute atomic E-state index is 11.8. The zero-order valence-corrected chi connectivity index (χ0v) is 8.49. The molecule has 1 aliphatic carbocycles. The SMILES string of the molecule is COC1(CCNC(=O)C(F)(F)F)CCC1.